The largest absolute Gasteiger partial charge is 0.497 e. The highest BCUT2D eigenvalue weighted by Crippen LogP contribution is 2.28. The van der Waals surface area contributed by atoms with E-state index in [-0.39, 0.29) is 17.5 Å². The molecule has 0 fully saturated rings. The maximum absolute atomic E-state index is 12.5. The van der Waals surface area contributed by atoms with Gasteiger partial charge in [-0.1, -0.05) is 6.92 Å². The molecule has 0 bridgehead atoms. The van der Waals surface area contributed by atoms with E-state index in [1.165, 1.54) is 27.3 Å². The highest BCUT2D eigenvalue weighted by Gasteiger charge is 2.31. The van der Waals surface area contributed by atoms with Crippen molar-refractivity contribution in [2.24, 2.45) is 4.40 Å². The summed E-state index contributed by atoms with van der Waals surface area (Å²) in [7, 11) is 0.215. The smallest absolute Gasteiger partial charge is 0.345 e. The summed E-state index contributed by atoms with van der Waals surface area (Å²) in [5, 5.41) is 2.77. The Bertz CT molecular complexity index is 861. The van der Waals surface area contributed by atoms with Crippen LogP contribution < -0.4 is 14.8 Å². The van der Waals surface area contributed by atoms with E-state index in [0.717, 1.165) is 10.7 Å². The van der Waals surface area contributed by atoms with Crippen LogP contribution in [0.3, 0.4) is 0 Å². The standard InChI is InChI=1S/C17H23N3O5S/c1-6-11(2)18-17(21)15-10-14(19-26(22,23)20(15)3)13-9-12(24-4)7-8-16(13)25-5/h7-11H,6H2,1-5H3,(H,18,21). The monoisotopic (exact) mass is 381 g/mol. The molecule has 1 amide bonds. The number of allylic oxidation sites excluding steroid dienone is 1. The molecule has 142 valence electrons. The molecule has 1 atom stereocenters. The lowest BCUT2D eigenvalue weighted by molar-refractivity contribution is -0.119. The number of hydrogen-bond acceptors (Lipinski definition) is 5. The number of likely N-dealkylation sites (N-methyl/N-ethyl adjacent to an activating group) is 1. The number of nitrogens with one attached hydrogen (secondary N) is 1. The molecule has 0 aromatic heterocycles. The van der Waals surface area contributed by atoms with Gasteiger partial charge in [-0.15, -0.1) is 4.40 Å². The molecule has 1 aromatic carbocycles. The summed E-state index contributed by atoms with van der Waals surface area (Å²) in [6.45, 7) is 3.77. The maximum atomic E-state index is 12.5. The van der Waals surface area contributed by atoms with E-state index in [1.807, 2.05) is 13.8 Å². The SMILES string of the molecule is CCC(C)NC(=O)C1=CC(c2cc(OC)ccc2OC)=NS(=O)(=O)N1C. The Morgan fingerprint density at radius 2 is 2.00 bits per heavy atom. The minimum absolute atomic E-state index is 0.0137. The third kappa shape index (κ3) is 3.98. The van der Waals surface area contributed by atoms with Crippen molar-refractivity contribution in [2.75, 3.05) is 21.3 Å². The fraction of sp³-hybridized carbons (Fsp3) is 0.412. The van der Waals surface area contributed by atoms with Crippen molar-refractivity contribution in [3.05, 3.63) is 35.5 Å². The number of carbonyl (C=O) groups excluding carboxylic acids is 1. The van der Waals surface area contributed by atoms with Crippen LogP contribution in [0.25, 0.3) is 0 Å². The van der Waals surface area contributed by atoms with E-state index >= 15 is 0 Å². The Labute approximate surface area is 153 Å². The Balaban J connectivity index is 2.56. The third-order valence-corrected chi connectivity index (χ3v) is 5.39. The van der Waals surface area contributed by atoms with E-state index in [1.54, 1.807) is 18.2 Å². The number of amides is 1. The average molecular weight is 381 g/mol. The summed E-state index contributed by atoms with van der Waals surface area (Å²) in [6.07, 6.45) is 2.15. The third-order valence-electron chi connectivity index (χ3n) is 4.08. The molecule has 1 heterocycles. The summed E-state index contributed by atoms with van der Waals surface area (Å²) in [6, 6.07) is 4.85. The quantitative estimate of drug-likeness (QED) is 0.805. The number of benzene rings is 1. The fourth-order valence-corrected chi connectivity index (χ4v) is 3.21. The summed E-state index contributed by atoms with van der Waals surface area (Å²) >= 11 is 0. The topological polar surface area (TPSA) is 97.3 Å². The number of ether oxygens (including phenoxy) is 2. The second kappa shape index (κ2) is 7.77. The molecular formula is C17H23N3O5S. The molecule has 0 spiro atoms. The normalized spacial score (nSPS) is 17.0. The van der Waals surface area contributed by atoms with Gasteiger partial charge in [0.2, 0.25) is 0 Å². The lowest BCUT2D eigenvalue weighted by Gasteiger charge is -2.25. The average Bonchev–Trinajstić information content (AvgIpc) is 2.62. The van der Waals surface area contributed by atoms with Crippen LogP contribution in [-0.4, -0.2) is 51.7 Å². The number of carbonyl (C=O) groups is 1. The molecule has 0 radical (unpaired) electrons. The molecule has 1 aliphatic heterocycles. The lowest BCUT2D eigenvalue weighted by atomic mass is 10.1. The van der Waals surface area contributed by atoms with Crippen LogP contribution in [-0.2, 0) is 15.0 Å². The Kier molecular flexibility index (Phi) is 5.91. The highest BCUT2D eigenvalue weighted by atomic mass is 32.2. The van der Waals surface area contributed by atoms with Crippen LogP contribution in [0.2, 0.25) is 0 Å². The van der Waals surface area contributed by atoms with E-state index in [2.05, 4.69) is 9.71 Å². The number of rotatable bonds is 6. The van der Waals surface area contributed by atoms with Crippen molar-refractivity contribution in [1.82, 2.24) is 9.62 Å². The first-order valence-electron chi connectivity index (χ1n) is 8.07. The first-order valence-corrected chi connectivity index (χ1v) is 9.47. The van der Waals surface area contributed by atoms with Crippen molar-refractivity contribution in [1.29, 1.82) is 0 Å². The van der Waals surface area contributed by atoms with Crippen LogP contribution in [0.15, 0.2) is 34.4 Å². The van der Waals surface area contributed by atoms with Gasteiger partial charge >= 0.3 is 10.2 Å². The molecule has 0 aliphatic carbocycles. The molecule has 1 N–H and O–H groups in total. The van der Waals surface area contributed by atoms with Crippen LogP contribution in [0.1, 0.15) is 25.8 Å². The van der Waals surface area contributed by atoms with Crippen LogP contribution >= 0.6 is 0 Å². The predicted molar refractivity (Wildman–Crippen MR) is 98.7 cm³/mol. The van der Waals surface area contributed by atoms with E-state index < -0.39 is 16.1 Å². The lowest BCUT2D eigenvalue weighted by Crippen LogP contribution is -2.41. The minimum atomic E-state index is -4.04. The first-order chi connectivity index (χ1) is 12.2. The molecule has 26 heavy (non-hydrogen) atoms. The summed E-state index contributed by atoms with van der Waals surface area (Å²) < 4.78 is 40.0. The van der Waals surface area contributed by atoms with E-state index in [9.17, 15) is 13.2 Å². The van der Waals surface area contributed by atoms with Crippen LogP contribution in [0, 0.1) is 0 Å². The first kappa shape index (κ1) is 19.8. The molecule has 1 unspecified atom stereocenters. The Hall–Kier alpha value is -2.55. The Morgan fingerprint density at radius 3 is 2.58 bits per heavy atom. The summed E-state index contributed by atoms with van der Waals surface area (Å²) in [5.74, 6) is 0.445. The van der Waals surface area contributed by atoms with Gasteiger partial charge in [0.1, 0.15) is 17.2 Å². The van der Waals surface area contributed by atoms with E-state index in [0.29, 0.717) is 17.1 Å². The summed E-state index contributed by atoms with van der Waals surface area (Å²) in [5.41, 5.74) is 0.505. The van der Waals surface area contributed by atoms with Crippen molar-refractivity contribution >= 4 is 21.8 Å². The zero-order valence-corrected chi connectivity index (χ0v) is 16.3. The van der Waals surface area contributed by atoms with Crippen molar-refractivity contribution < 1.29 is 22.7 Å². The zero-order valence-electron chi connectivity index (χ0n) is 15.4. The molecular weight excluding hydrogens is 358 g/mol. The second-order valence-corrected chi connectivity index (χ2v) is 7.43. The zero-order chi connectivity index (χ0) is 19.5. The van der Waals surface area contributed by atoms with Gasteiger partial charge in [-0.25, -0.2) is 4.31 Å². The Morgan fingerprint density at radius 1 is 1.31 bits per heavy atom. The molecule has 1 aliphatic rings. The number of hydrogen-bond donors (Lipinski definition) is 1. The second-order valence-electron chi connectivity index (χ2n) is 5.80. The number of nitrogens with zero attached hydrogens (tertiary/aromatic N) is 2. The number of methoxy groups -OCH3 is 2. The highest BCUT2D eigenvalue weighted by molar-refractivity contribution is 7.88. The van der Waals surface area contributed by atoms with Gasteiger partial charge in [0.25, 0.3) is 5.91 Å². The fourth-order valence-electron chi connectivity index (χ4n) is 2.31. The van der Waals surface area contributed by atoms with Crippen LogP contribution in [0.4, 0.5) is 0 Å². The van der Waals surface area contributed by atoms with Crippen molar-refractivity contribution in [3.63, 3.8) is 0 Å². The molecule has 1 aromatic rings. The molecule has 9 heteroatoms. The van der Waals surface area contributed by atoms with Gasteiger partial charge in [0.15, 0.2) is 0 Å². The van der Waals surface area contributed by atoms with Gasteiger partial charge in [-0.2, -0.15) is 8.42 Å². The molecule has 0 saturated carbocycles. The van der Waals surface area contributed by atoms with Crippen LogP contribution in [0.5, 0.6) is 11.5 Å². The predicted octanol–water partition coefficient (Wildman–Crippen LogP) is 1.48. The van der Waals surface area contributed by atoms with Gasteiger partial charge in [-0.05, 0) is 37.6 Å². The molecule has 8 nitrogen and oxygen atoms in total. The van der Waals surface area contributed by atoms with Gasteiger partial charge in [-0.3, -0.25) is 4.79 Å². The summed E-state index contributed by atoms with van der Waals surface area (Å²) in [4.78, 5) is 12.5. The van der Waals surface area contributed by atoms with Gasteiger partial charge in [0.05, 0.1) is 19.9 Å². The van der Waals surface area contributed by atoms with E-state index in [4.69, 9.17) is 9.47 Å². The molecule has 0 saturated heterocycles. The minimum Gasteiger partial charge on any atom is -0.497 e. The van der Waals surface area contributed by atoms with Gasteiger partial charge < -0.3 is 14.8 Å². The van der Waals surface area contributed by atoms with Gasteiger partial charge in [0, 0.05) is 18.7 Å². The van der Waals surface area contributed by atoms with Crippen molar-refractivity contribution in [3.8, 4) is 11.5 Å². The maximum Gasteiger partial charge on any atom is 0.345 e. The molecule has 2 rings (SSSR count). The van der Waals surface area contributed by atoms with Crippen molar-refractivity contribution in [2.45, 2.75) is 26.3 Å².